The molecular formula is C13H13NO2. The molecule has 0 aliphatic carbocycles. The highest BCUT2D eigenvalue weighted by Crippen LogP contribution is 2.07. The van der Waals surface area contributed by atoms with Crippen LogP contribution in [0.2, 0.25) is 0 Å². The fourth-order valence-electron chi connectivity index (χ4n) is 1.19. The van der Waals surface area contributed by atoms with Gasteiger partial charge in [-0.05, 0) is 24.6 Å². The van der Waals surface area contributed by atoms with E-state index in [9.17, 15) is 4.79 Å². The third kappa shape index (κ3) is 3.58. The Balaban J connectivity index is 2.68. The molecule has 1 aromatic rings. The van der Waals surface area contributed by atoms with E-state index >= 15 is 0 Å². The van der Waals surface area contributed by atoms with Crippen LogP contribution in [0.15, 0.2) is 30.3 Å². The Hall–Kier alpha value is -2.08. The molecule has 82 valence electrons. The van der Waals surface area contributed by atoms with Gasteiger partial charge in [0.05, 0.1) is 24.7 Å². The van der Waals surface area contributed by atoms with Gasteiger partial charge >= 0.3 is 5.97 Å². The third-order valence-corrected chi connectivity index (χ3v) is 1.94. The minimum Gasteiger partial charge on any atom is -0.462 e. The predicted molar refractivity (Wildman–Crippen MR) is 61.7 cm³/mol. The molecule has 0 fully saturated rings. The van der Waals surface area contributed by atoms with E-state index in [0.717, 1.165) is 5.56 Å². The second kappa shape index (κ2) is 6.41. The van der Waals surface area contributed by atoms with Gasteiger partial charge in [-0.2, -0.15) is 5.26 Å². The van der Waals surface area contributed by atoms with E-state index in [1.807, 2.05) is 24.3 Å². The maximum Gasteiger partial charge on any atom is 0.338 e. The van der Waals surface area contributed by atoms with E-state index in [1.54, 1.807) is 25.1 Å². The summed E-state index contributed by atoms with van der Waals surface area (Å²) in [7, 11) is 0. The van der Waals surface area contributed by atoms with Crippen LogP contribution in [0.1, 0.15) is 29.3 Å². The highest BCUT2D eigenvalue weighted by molar-refractivity contribution is 5.89. The number of hydrogen-bond acceptors (Lipinski definition) is 3. The molecule has 3 nitrogen and oxygen atoms in total. The maximum absolute atomic E-state index is 11.3. The van der Waals surface area contributed by atoms with Crippen LogP contribution in [0.3, 0.4) is 0 Å². The van der Waals surface area contributed by atoms with Crippen LogP contribution in [-0.2, 0) is 4.74 Å². The SMILES string of the molecule is CCOC(=O)c1ccc(C=CCC#N)cc1. The molecule has 0 unspecified atom stereocenters. The Morgan fingerprint density at radius 3 is 2.69 bits per heavy atom. The Kier molecular flexibility index (Phi) is 4.81. The second-order valence-electron chi connectivity index (χ2n) is 3.11. The Bertz CT molecular complexity index is 413. The zero-order valence-electron chi connectivity index (χ0n) is 9.14. The van der Waals surface area contributed by atoms with Gasteiger partial charge in [0, 0.05) is 0 Å². The van der Waals surface area contributed by atoms with Crippen molar-refractivity contribution < 1.29 is 9.53 Å². The molecule has 0 atom stereocenters. The third-order valence-electron chi connectivity index (χ3n) is 1.94. The molecule has 3 heteroatoms. The molecule has 0 bridgehead atoms. The summed E-state index contributed by atoms with van der Waals surface area (Å²) < 4.78 is 4.87. The van der Waals surface area contributed by atoms with Crippen LogP contribution in [0.4, 0.5) is 0 Å². The van der Waals surface area contributed by atoms with Crippen molar-refractivity contribution >= 4 is 12.0 Å². The van der Waals surface area contributed by atoms with Crippen molar-refractivity contribution in [1.29, 1.82) is 5.26 Å². The van der Waals surface area contributed by atoms with Crippen molar-refractivity contribution in [2.45, 2.75) is 13.3 Å². The number of carbonyl (C=O) groups is 1. The number of nitriles is 1. The molecule has 0 radical (unpaired) electrons. The van der Waals surface area contributed by atoms with E-state index in [0.29, 0.717) is 18.6 Å². The topological polar surface area (TPSA) is 50.1 Å². The van der Waals surface area contributed by atoms with Gasteiger partial charge in [0.15, 0.2) is 0 Å². The summed E-state index contributed by atoms with van der Waals surface area (Å²) in [6, 6.07) is 9.09. The number of rotatable bonds is 4. The highest BCUT2D eigenvalue weighted by Gasteiger charge is 2.04. The second-order valence-corrected chi connectivity index (χ2v) is 3.11. The van der Waals surface area contributed by atoms with Gasteiger partial charge in [0.2, 0.25) is 0 Å². The van der Waals surface area contributed by atoms with Gasteiger partial charge < -0.3 is 4.74 Å². The van der Waals surface area contributed by atoms with Crippen LogP contribution in [0, 0.1) is 11.3 Å². The smallest absolute Gasteiger partial charge is 0.338 e. The van der Waals surface area contributed by atoms with Gasteiger partial charge in [-0.3, -0.25) is 0 Å². The maximum atomic E-state index is 11.3. The lowest BCUT2D eigenvalue weighted by atomic mass is 10.1. The molecule has 0 spiro atoms. The van der Waals surface area contributed by atoms with E-state index in [2.05, 4.69) is 0 Å². The average Bonchev–Trinajstić information content (AvgIpc) is 2.30. The highest BCUT2D eigenvalue weighted by atomic mass is 16.5. The minimum absolute atomic E-state index is 0.310. The van der Waals surface area contributed by atoms with Crippen molar-refractivity contribution in [3.05, 3.63) is 41.5 Å². The summed E-state index contributed by atoms with van der Waals surface area (Å²) >= 11 is 0. The summed E-state index contributed by atoms with van der Waals surface area (Å²) in [6.07, 6.45) is 4.01. The molecule has 0 saturated heterocycles. The first-order chi connectivity index (χ1) is 7.77. The van der Waals surface area contributed by atoms with Crippen molar-refractivity contribution in [1.82, 2.24) is 0 Å². The number of allylic oxidation sites excluding steroid dienone is 1. The first-order valence-corrected chi connectivity index (χ1v) is 5.08. The average molecular weight is 215 g/mol. The molecule has 0 aliphatic rings. The standard InChI is InChI=1S/C13H13NO2/c1-2-16-13(15)12-8-6-11(7-9-12)5-3-4-10-14/h3,5-9H,2,4H2,1H3. The normalized spacial score (nSPS) is 10.0. The van der Waals surface area contributed by atoms with E-state index in [-0.39, 0.29) is 5.97 Å². The fraction of sp³-hybridized carbons (Fsp3) is 0.231. The molecule has 0 aromatic heterocycles. The number of ether oxygens (including phenoxy) is 1. The van der Waals surface area contributed by atoms with Crippen molar-refractivity contribution in [3.8, 4) is 6.07 Å². The van der Waals surface area contributed by atoms with Crippen molar-refractivity contribution in [2.75, 3.05) is 6.61 Å². The Labute approximate surface area is 95.0 Å². The fourth-order valence-corrected chi connectivity index (χ4v) is 1.19. The molecule has 0 saturated carbocycles. The van der Waals surface area contributed by atoms with Crippen LogP contribution in [-0.4, -0.2) is 12.6 Å². The predicted octanol–water partition coefficient (Wildman–Crippen LogP) is 2.79. The molecule has 16 heavy (non-hydrogen) atoms. The van der Waals surface area contributed by atoms with Crippen LogP contribution >= 0.6 is 0 Å². The van der Waals surface area contributed by atoms with E-state index in [4.69, 9.17) is 10.00 Å². The van der Waals surface area contributed by atoms with E-state index < -0.39 is 0 Å². The number of hydrogen-bond donors (Lipinski definition) is 0. The summed E-state index contributed by atoms with van der Waals surface area (Å²) in [5, 5.41) is 8.36. The van der Waals surface area contributed by atoms with Crippen molar-refractivity contribution in [2.24, 2.45) is 0 Å². The van der Waals surface area contributed by atoms with Crippen LogP contribution in [0.5, 0.6) is 0 Å². The van der Waals surface area contributed by atoms with Crippen molar-refractivity contribution in [3.63, 3.8) is 0 Å². The molecule has 1 aromatic carbocycles. The van der Waals surface area contributed by atoms with Crippen LogP contribution < -0.4 is 0 Å². The number of carbonyl (C=O) groups excluding carboxylic acids is 1. The summed E-state index contributed by atoms with van der Waals surface area (Å²) in [4.78, 5) is 11.3. The zero-order chi connectivity index (χ0) is 11.8. The molecule has 0 N–H and O–H groups in total. The minimum atomic E-state index is -0.310. The van der Waals surface area contributed by atoms with Gasteiger partial charge in [-0.25, -0.2) is 4.79 Å². The summed E-state index contributed by atoms with van der Waals surface area (Å²) in [5.74, 6) is -0.310. The summed E-state index contributed by atoms with van der Waals surface area (Å²) in [5.41, 5.74) is 1.50. The zero-order valence-corrected chi connectivity index (χ0v) is 9.14. The number of nitrogens with zero attached hydrogens (tertiary/aromatic N) is 1. The first kappa shape index (κ1) is 12.0. The Morgan fingerprint density at radius 1 is 1.44 bits per heavy atom. The molecule has 0 amide bonds. The Morgan fingerprint density at radius 2 is 2.12 bits per heavy atom. The van der Waals surface area contributed by atoms with Gasteiger partial charge in [-0.15, -0.1) is 0 Å². The van der Waals surface area contributed by atoms with Crippen LogP contribution in [0.25, 0.3) is 6.08 Å². The van der Waals surface area contributed by atoms with Gasteiger partial charge in [0.1, 0.15) is 0 Å². The molecular weight excluding hydrogens is 202 g/mol. The molecule has 0 aliphatic heterocycles. The first-order valence-electron chi connectivity index (χ1n) is 5.08. The number of esters is 1. The lowest BCUT2D eigenvalue weighted by Crippen LogP contribution is -2.03. The molecule has 1 rings (SSSR count). The largest absolute Gasteiger partial charge is 0.462 e. The quantitative estimate of drug-likeness (QED) is 0.725. The van der Waals surface area contributed by atoms with E-state index in [1.165, 1.54) is 0 Å². The summed E-state index contributed by atoms with van der Waals surface area (Å²) in [6.45, 7) is 2.15. The number of benzene rings is 1. The monoisotopic (exact) mass is 215 g/mol. The molecule has 0 heterocycles. The van der Waals surface area contributed by atoms with Gasteiger partial charge in [-0.1, -0.05) is 24.3 Å². The van der Waals surface area contributed by atoms with Gasteiger partial charge in [0.25, 0.3) is 0 Å². The lowest BCUT2D eigenvalue weighted by molar-refractivity contribution is 0.0526. The lowest BCUT2D eigenvalue weighted by Gasteiger charge is -2.01.